The van der Waals surface area contributed by atoms with Crippen molar-refractivity contribution in [1.82, 2.24) is 0 Å². The molecule has 1 heterocycles. The number of hydrogen-bond acceptors (Lipinski definition) is 0. The minimum atomic E-state index is -1.41. The van der Waals surface area contributed by atoms with Gasteiger partial charge in [-0.05, 0) is 54.7 Å². The molecule has 0 fully saturated rings. The van der Waals surface area contributed by atoms with Gasteiger partial charge in [0, 0.05) is 19.9 Å². The summed E-state index contributed by atoms with van der Waals surface area (Å²) in [7, 11) is 2.03. The fraction of sp³-hybridized carbons (Fsp3) is 0.542. The Bertz CT molecular complexity index is 837. The summed E-state index contributed by atoms with van der Waals surface area (Å²) in [5.74, 6) is 0. The Morgan fingerprint density at radius 1 is 0.920 bits per heavy atom. The highest BCUT2D eigenvalue weighted by Gasteiger charge is 2.23. The van der Waals surface area contributed by atoms with Gasteiger partial charge in [-0.1, -0.05) is 59.2 Å². The van der Waals surface area contributed by atoms with Crippen molar-refractivity contribution in [3.05, 3.63) is 52.7 Å². The van der Waals surface area contributed by atoms with E-state index in [1.54, 1.807) is 0 Å². The normalized spacial score (nSPS) is 14.3. The zero-order valence-electron chi connectivity index (χ0n) is 19.5. The van der Waals surface area contributed by atoms with Gasteiger partial charge in [0.25, 0.3) is 0 Å². The Morgan fingerprint density at radius 3 is 2.08 bits per heavy atom. The van der Waals surface area contributed by atoms with Crippen LogP contribution in [-0.4, -0.2) is 0 Å². The molecule has 1 aromatic carbocycles. The van der Waals surface area contributed by atoms with Crippen LogP contribution in [0.2, 0.25) is 0 Å². The third kappa shape index (κ3) is 5.42. The van der Waals surface area contributed by atoms with Crippen molar-refractivity contribution in [1.29, 1.82) is 0 Å². The van der Waals surface area contributed by atoms with E-state index in [1.807, 2.05) is 34.0 Å². The standard InChI is InChI=1S/C24H36N/c1-17-10-11-21(18(2)12-17)22-13-19(14-23(3,4)5)20(16-25(22)9)15-24(6,7)8/h10-13,16H,14-15H2,1-9H3/q+1/i15D2. The third-order valence-electron chi connectivity index (χ3n) is 4.25. The van der Waals surface area contributed by atoms with Crippen LogP contribution in [0.3, 0.4) is 0 Å². The zero-order valence-corrected chi connectivity index (χ0v) is 17.5. The molecule has 0 saturated carbocycles. The third-order valence-corrected chi connectivity index (χ3v) is 4.25. The topological polar surface area (TPSA) is 3.88 Å². The van der Waals surface area contributed by atoms with Gasteiger partial charge in [-0.3, -0.25) is 0 Å². The van der Waals surface area contributed by atoms with Crippen LogP contribution in [-0.2, 0) is 19.8 Å². The van der Waals surface area contributed by atoms with Crippen LogP contribution in [0.5, 0.6) is 0 Å². The van der Waals surface area contributed by atoms with E-state index in [0.29, 0.717) is 0 Å². The summed E-state index contributed by atoms with van der Waals surface area (Å²) >= 11 is 0. The number of nitrogens with zero attached hydrogens (tertiary/aromatic N) is 1. The quantitative estimate of drug-likeness (QED) is 0.606. The van der Waals surface area contributed by atoms with Gasteiger partial charge in [0.2, 0.25) is 5.69 Å². The minimum Gasteiger partial charge on any atom is -0.201 e. The van der Waals surface area contributed by atoms with E-state index in [9.17, 15) is 0 Å². The van der Waals surface area contributed by atoms with Gasteiger partial charge in [0.05, 0.1) is 0 Å². The number of aromatic nitrogens is 1. The molecule has 1 aromatic heterocycles. The van der Waals surface area contributed by atoms with E-state index >= 15 is 0 Å². The maximum atomic E-state index is 8.86. The van der Waals surface area contributed by atoms with Crippen LogP contribution in [0.15, 0.2) is 30.5 Å². The first-order valence-corrected chi connectivity index (χ1v) is 9.24. The second kappa shape index (κ2) is 6.94. The number of aryl methyl sites for hydroxylation is 3. The van der Waals surface area contributed by atoms with Crippen molar-refractivity contribution >= 4 is 0 Å². The van der Waals surface area contributed by atoms with E-state index in [0.717, 1.165) is 23.2 Å². The Kier molecular flexibility index (Phi) is 4.67. The van der Waals surface area contributed by atoms with Crippen molar-refractivity contribution in [3.8, 4) is 11.3 Å². The van der Waals surface area contributed by atoms with Gasteiger partial charge < -0.3 is 0 Å². The molecule has 1 nitrogen and oxygen atoms in total. The van der Waals surface area contributed by atoms with Crippen LogP contribution in [0.4, 0.5) is 0 Å². The van der Waals surface area contributed by atoms with Crippen molar-refractivity contribution < 1.29 is 7.31 Å². The first-order chi connectivity index (χ1) is 12.1. The average Bonchev–Trinajstić information content (AvgIpc) is 2.46. The summed E-state index contributed by atoms with van der Waals surface area (Å²) in [5, 5.41) is 0. The van der Waals surface area contributed by atoms with Crippen LogP contribution >= 0.6 is 0 Å². The van der Waals surface area contributed by atoms with E-state index in [2.05, 4.69) is 63.5 Å². The summed E-state index contributed by atoms with van der Waals surface area (Å²) in [5.41, 5.74) is 6.38. The lowest BCUT2D eigenvalue weighted by molar-refractivity contribution is -0.660. The molecule has 2 aromatic rings. The monoisotopic (exact) mass is 340 g/mol. The molecular formula is C24H36N+. The van der Waals surface area contributed by atoms with E-state index in [-0.39, 0.29) is 5.41 Å². The molecule has 0 bridgehead atoms. The molecule has 0 unspecified atom stereocenters. The second-order valence-corrected chi connectivity index (χ2v) is 9.64. The van der Waals surface area contributed by atoms with Gasteiger partial charge in [0.1, 0.15) is 7.05 Å². The number of benzene rings is 1. The van der Waals surface area contributed by atoms with Gasteiger partial charge >= 0.3 is 0 Å². The maximum Gasteiger partial charge on any atom is 0.212 e. The van der Waals surface area contributed by atoms with Crippen LogP contribution < -0.4 is 4.57 Å². The molecule has 0 N–H and O–H groups in total. The molecule has 0 saturated heterocycles. The molecular weight excluding hydrogens is 302 g/mol. The molecule has 0 radical (unpaired) electrons. The fourth-order valence-electron chi connectivity index (χ4n) is 3.29. The number of hydrogen-bond donors (Lipinski definition) is 0. The first-order valence-electron chi connectivity index (χ1n) is 10.2. The van der Waals surface area contributed by atoms with E-state index < -0.39 is 11.8 Å². The highest BCUT2D eigenvalue weighted by atomic mass is 14.9. The Hall–Kier alpha value is -1.63. The highest BCUT2D eigenvalue weighted by Crippen LogP contribution is 2.30. The number of pyridine rings is 1. The molecule has 1 heteroatoms. The maximum absolute atomic E-state index is 8.86. The van der Waals surface area contributed by atoms with E-state index in [4.69, 9.17) is 2.74 Å². The number of rotatable bonds is 3. The van der Waals surface area contributed by atoms with Gasteiger partial charge in [-0.25, -0.2) is 4.57 Å². The molecule has 2 rings (SSSR count). The molecule has 25 heavy (non-hydrogen) atoms. The van der Waals surface area contributed by atoms with Crippen molar-refractivity contribution in [2.45, 2.75) is 68.2 Å². The lowest BCUT2D eigenvalue weighted by Crippen LogP contribution is -2.33. The van der Waals surface area contributed by atoms with Crippen LogP contribution in [0.25, 0.3) is 11.3 Å². The van der Waals surface area contributed by atoms with Crippen LogP contribution in [0.1, 0.15) is 66.5 Å². The predicted molar refractivity (Wildman–Crippen MR) is 109 cm³/mol. The van der Waals surface area contributed by atoms with Crippen molar-refractivity contribution in [2.75, 3.05) is 0 Å². The smallest absolute Gasteiger partial charge is 0.201 e. The minimum absolute atomic E-state index is 0.0855. The highest BCUT2D eigenvalue weighted by molar-refractivity contribution is 5.62. The summed E-state index contributed by atoms with van der Waals surface area (Å²) in [6.07, 6.45) is 1.45. The molecule has 0 aliphatic rings. The lowest BCUT2D eigenvalue weighted by Gasteiger charge is -2.24. The molecule has 0 aliphatic carbocycles. The largest absolute Gasteiger partial charge is 0.212 e. The summed E-state index contributed by atoms with van der Waals surface area (Å²) in [4.78, 5) is 0. The predicted octanol–water partition coefficient (Wildman–Crippen LogP) is 5.97. The molecule has 0 spiro atoms. The van der Waals surface area contributed by atoms with Crippen molar-refractivity contribution in [3.63, 3.8) is 0 Å². The molecule has 0 aliphatic heterocycles. The average molecular weight is 341 g/mol. The van der Waals surface area contributed by atoms with E-state index in [1.165, 1.54) is 16.7 Å². The van der Waals surface area contributed by atoms with Gasteiger partial charge in [-0.15, -0.1) is 0 Å². The summed E-state index contributed by atoms with van der Waals surface area (Å²) in [6, 6.07) is 8.75. The Morgan fingerprint density at radius 2 is 1.56 bits per heavy atom. The zero-order chi connectivity index (χ0) is 20.8. The fourth-order valence-corrected chi connectivity index (χ4v) is 3.29. The van der Waals surface area contributed by atoms with Crippen LogP contribution in [0, 0.1) is 24.7 Å². The summed E-state index contributed by atoms with van der Waals surface area (Å²) in [6.45, 7) is 16.8. The lowest BCUT2D eigenvalue weighted by atomic mass is 9.81. The summed E-state index contributed by atoms with van der Waals surface area (Å²) < 4.78 is 19.8. The van der Waals surface area contributed by atoms with Crippen molar-refractivity contribution in [2.24, 2.45) is 17.9 Å². The van der Waals surface area contributed by atoms with Gasteiger partial charge in [-0.2, -0.15) is 0 Å². The first kappa shape index (κ1) is 16.8. The second-order valence-electron chi connectivity index (χ2n) is 9.64. The molecule has 136 valence electrons. The molecule has 0 amide bonds. The van der Waals surface area contributed by atoms with Gasteiger partial charge in [0.15, 0.2) is 6.20 Å². The Balaban J connectivity index is 2.76. The SMILES string of the molecule is [2H]C([2H])(c1c[n+](C)c(-c2ccc(C)cc2C)cc1CC(C)(C)C)C(C)(C)C. The Labute approximate surface area is 157 Å². The molecule has 0 atom stereocenters.